The molecule has 31 heavy (non-hydrogen) atoms. The van der Waals surface area contributed by atoms with Crippen molar-refractivity contribution in [1.82, 2.24) is 9.78 Å². The molecule has 1 atom stereocenters. The van der Waals surface area contributed by atoms with E-state index in [9.17, 15) is 4.79 Å². The van der Waals surface area contributed by atoms with Crippen LogP contribution < -0.4 is 5.43 Å². The maximum absolute atomic E-state index is 13.3. The minimum Gasteiger partial charge on any atom is -0.287 e. The lowest BCUT2D eigenvalue weighted by molar-refractivity contribution is 0.488. The number of fused-ring (bicyclic) bond motifs is 1. The van der Waals surface area contributed by atoms with Crippen LogP contribution in [0.15, 0.2) is 65.5 Å². The topological polar surface area (TPSA) is 34.9 Å². The van der Waals surface area contributed by atoms with Gasteiger partial charge in [-0.05, 0) is 67.6 Å². The van der Waals surface area contributed by atoms with E-state index in [0.29, 0.717) is 10.7 Å². The van der Waals surface area contributed by atoms with E-state index in [2.05, 4.69) is 51.1 Å². The minimum atomic E-state index is -0.00632. The Morgan fingerprint density at radius 1 is 0.968 bits per heavy atom. The van der Waals surface area contributed by atoms with Crippen molar-refractivity contribution < 1.29 is 0 Å². The van der Waals surface area contributed by atoms with E-state index in [0.717, 1.165) is 46.0 Å². The van der Waals surface area contributed by atoms with Gasteiger partial charge in [0, 0.05) is 5.02 Å². The molecule has 0 spiro atoms. The molecule has 158 valence electrons. The van der Waals surface area contributed by atoms with Gasteiger partial charge in [-0.1, -0.05) is 73.0 Å². The Kier molecular flexibility index (Phi) is 5.97. The average Bonchev–Trinajstić information content (AvgIpc) is 2.75. The fourth-order valence-corrected chi connectivity index (χ4v) is 4.50. The summed E-state index contributed by atoms with van der Waals surface area (Å²) in [5, 5.41) is 6.21. The molecule has 0 amide bonds. The van der Waals surface area contributed by atoms with Gasteiger partial charge in [-0.25, -0.2) is 0 Å². The van der Waals surface area contributed by atoms with Crippen molar-refractivity contribution in [1.29, 1.82) is 0 Å². The predicted molar refractivity (Wildman–Crippen MR) is 130 cm³/mol. The number of nitrogens with zero attached hydrogens (tertiary/aromatic N) is 2. The van der Waals surface area contributed by atoms with Crippen LogP contribution in [0, 0.1) is 20.8 Å². The highest BCUT2D eigenvalue weighted by Crippen LogP contribution is 2.32. The third-order valence-corrected chi connectivity index (χ3v) is 6.14. The molecular formula is C27H27ClN2O. The molecule has 1 aromatic heterocycles. The zero-order chi connectivity index (χ0) is 22.1. The third-order valence-electron chi connectivity index (χ3n) is 5.89. The van der Waals surface area contributed by atoms with Crippen LogP contribution in [0.4, 0.5) is 0 Å². The van der Waals surface area contributed by atoms with Gasteiger partial charge in [-0.2, -0.15) is 5.10 Å². The Labute approximate surface area is 188 Å². The van der Waals surface area contributed by atoms with Gasteiger partial charge in [0.05, 0.1) is 16.9 Å². The van der Waals surface area contributed by atoms with E-state index in [1.165, 1.54) is 5.56 Å². The van der Waals surface area contributed by atoms with E-state index in [4.69, 9.17) is 16.7 Å². The second kappa shape index (κ2) is 8.68. The van der Waals surface area contributed by atoms with Crippen LogP contribution in [0.2, 0.25) is 5.02 Å². The molecule has 0 aliphatic carbocycles. The van der Waals surface area contributed by atoms with Crippen molar-refractivity contribution in [3.63, 3.8) is 0 Å². The van der Waals surface area contributed by atoms with Crippen LogP contribution >= 0.6 is 11.6 Å². The maximum Gasteiger partial charge on any atom is 0.211 e. The average molecular weight is 431 g/mol. The molecule has 0 fully saturated rings. The molecule has 1 heterocycles. The van der Waals surface area contributed by atoms with Gasteiger partial charge in [0.15, 0.2) is 0 Å². The molecule has 0 aliphatic heterocycles. The molecule has 0 radical (unpaired) electrons. The smallest absolute Gasteiger partial charge is 0.211 e. The Bertz CT molecular complexity index is 1310. The van der Waals surface area contributed by atoms with E-state index in [-0.39, 0.29) is 11.5 Å². The van der Waals surface area contributed by atoms with E-state index < -0.39 is 0 Å². The monoisotopic (exact) mass is 430 g/mol. The Morgan fingerprint density at radius 2 is 1.71 bits per heavy atom. The Morgan fingerprint density at radius 3 is 2.39 bits per heavy atom. The number of rotatable bonds is 5. The molecule has 0 saturated heterocycles. The summed E-state index contributed by atoms with van der Waals surface area (Å²) in [4.78, 5) is 13.3. The van der Waals surface area contributed by atoms with Gasteiger partial charge in [0.2, 0.25) is 5.43 Å². The van der Waals surface area contributed by atoms with Crippen LogP contribution in [0.5, 0.6) is 0 Å². The molecule has 4 rings (SSSR count). The van der Waals surface area contributed by atoms with E-state index >= 15 is 0 Å². The minimum absolute atomic E-state index is 0.00632. The number of hydrogen-bond donors (Lipinski definition) is 0. The molecule has 0 aliphatic rings. The zero-order valence-electron chi connectivity index (χ0n) is 18.4. The Balaban J connectivity index is 2.02. The molecule has 0 saturated carbocycles. The summed E-state index contributed by atoms with van der Waals surface area (Å²) >= 11 is 6.13. The molecule has 0 N–H and O–H groups in total. The Hall–Kier alpha value is -2.91. The first kappa shape index (κ1) is 21.3. The molecule has 3 aromatic carbocycles. The number of benzene rings is 3. The van der Waals surface area contributed by atoms with Crippen molar-refractivity contribution in [2.24, 2.45) is 0 Å². The van der Waals surface area contributed by atoms with Gasteiger partial charge in [0.25, 0.3) is 0 Å². The van der Waals surface area contributed by atoms with Crippen molar-refractivity contribution in [2.45, 2.75) is 46.6 Å². The highest BCUT2D eigenvalue weighted by atomic mass is 35.5. The molecule has 4 heteroatoms. The SMILES string of the molecule is CCCC(c1ccc(Cl)cc1)n1nc(C)c(=O)c2c(-c3ccc(C)cc3C)cccc21. The lowest BCUT2D eigenvalue weighted by Crippen LogP contribution is -2.22. The van der Waals surface area contributed by atoms with Crippen LogP contribution in [-0.4, -0.2) is 9.78 Å². The third kappa shape index (κ3) is 4.03. The molecule has 4 aromatic rings. The second-order valence-electron chi connectivity index (χ2n) is 8.23. The summed E-state index contributed by atoms with van der Waals surface area (Å²) in [6, 6.07) is 20.4. The lowest BCUT2D eigenvalue weighted by atomic mass is 9.94. The summed E-state index contributed by atoms with van der Waals surface area (Å²) < 4.78 is 2.03. The van der Waals surface area contributed by atoms with Crippen LogP contribution in [0.1, 0.15) is 48.2 Å². The molecular weight excluding hydrogens is 404 g/mol. The number of halogens is 1. The van der Waals surface area contributed by atoms with Gasteiger partial charge in [-0.3, -0.25) is 9.48 Å². The second-order valence-corrected chi connectivity index (χ2v) is 8.67. The number of aryl methyl sites for hydroxylation is 3. The maximum atomic E-state index is 13.3. The first-order chi connectivity index (χ1) is 14.9. The van der Waals surface area contributed by atoms with Crippen molar-refractivity contribution >= 4 is 22.5 Å². The molecule has 3 nitrogen and oxygen atoms in total. The normalized spacial score (nSPS) is 12.3. The van der Waals surface area contributed by atoms with Crippen molar-refractivity contribution in [3.8, 4) is 11.1 Å². The van der Waals surface area contributed by atoms with Crippen LogP contribution in [0.3, 0.4) is 0 Å². The van der Waals surface area contributed by atoms with Gasteiger partial charge in [0.1, 0.15) is 5.69 Å². The molecule has 0 bridgehead atoms. The highest BCUT2D eigenvalue weighted by molar-refractivity contribution is 6.30. The summed E-state index contributed by atoms with van der Waals surface area (Å²) in [7, 11) is 0. The standard InChI is InChI=1S/C27H27ClN2O/c1-5-7-24(20-11-13-21(28)14-12-20)30-25-9-6-8-23(26(25)27(31)19(4)29-30)22-15-10-17(2)16-18(22)3/h6,8-16,24H,5,7H2,1-4H3. The summed E-state index contributed by atoms with van der Waals surface area (Å²) in [5.74, 6) is 0. The van der Waals surface area contributed by atoms with Gasteiger partial charge in [-0.15, -0.1) is 0 Å². The van der Waals surface area contributed by atoms with E-state index in [1.54, 1.807) is 0 Å². The number of hydrogen-bond acceptors (Lipinski definition) is 2. The van der Waals surface area contributed by atoms with Gasteiger partial charge >= 0.3 is 0 Å². The van der Waals surface area contributed by atoms with Gasteiger partial charge < -0.3 is 0 Å². The number of aromatic nitrogens is 2. The van der Waals surface area contributed by atoms with Crippen LogP contribution in [0.25, 0.3) is 22.0 Å². The molecule has 1 unspecified atom stereocenters. The summed E-state index contributed by atoms with van der Waals surface area (Å²) in [6.07, 6.45) is 1.91. The van der Waals surface area contributed by atoms with E-state index in [1.807, 2.05) is 41.9 Å². The summed E-state index contributed by atoms with van der Waals surface area (Å²) in [6.45, 7) is 8.16. The highest BCUT2D eigenvalue weighted by Gasteiger charge is 2.20. The fourth-order valence-electron chi connectivity index (χ4n) is 4.38. The largest absolute Gasteiger partial charge is 0.287 e. The summed E-state index contributed by atoms with van der Waals surface area (Å²) in [5.41, 5.74) is 6.93. The fraction of sp³-hybridized carbons (Fsp3) is 0.259. The quantitative estimate of drug-likeness (QED) is 0.340. The lowest BCUT2D eigenvalue weighted by Gasteiger charge is -2.23. The van der Waals surface area contributed by atoms with Crippen molar-refractivity contribution in [3.05, 3.63) is 98.3 Å². The zero-order valence-corrected chi connectivity index (χ0v) is 19.2. The van der Waals surface area contributed by atoms with Crippen LogP contribution in [-0.2, 0) is 0 Å². The first-order valence-corrected chi connectivity index (χ1v) is 11.1. The predicted octanol–water partition coefficient (Wildman–Crippen LogP) is 7.03. The first-order valence-electron chi connectivity index (χ1n) is 10.8. The van der Waals surface area contributed by atoms with Crippen molar-refractivity contribution in [2.75, 3.05) is 0 Å².